The molecule has 2 heterocycles. The largest absolute Gasteiger partial charge is 0.381 e. The van der Waals surface area contributed by atoms with Crippen LogP contribution >= 0.6 is 11.8 Å². The van der Waals surface area contributed by atoms with Crippen LogP contribution in [0.2, 0.25) is 0 Å². The van der Waals surface area contributed by atoms with Gasteiger partial charge in [-0.15, -0.1) is 11.8 Å². The van der Waals surface area contributed by atoms with Gasteiger partial charge < -0.3 is 10.1 Å². The molecule has 0 saturated carbocycles. The highest BCUT2D eigenvalue weighted by molar-refractivity contribution is 8.01. The molecule has 13 heavy (non-hydrogen) atoms. The highest BCUT2D eigenvalue weighted by Gasteiger charge is 2.35. The minimum absolute atomic E-state index is 0.355. The van der Waals surface area contributed by atoms with E-state index in [1.165, 1.54) is 32.2 Å². The molecule has 1 N–H and O–H groups in total. The van der Waals surface area contributed by atoms with Gasteiger partial charge in [0.05, 0.1) is 4.87 Å². The Balaban J connectivity index is 1.99. The SMILES string of the molecule is CC1CCNC2(CCCOCC2)S1. The smallest absolute Gasteiger partial charge is 0.0670 e. The molecule has 0 radical (unpaired) electrons. The molecule has 1 spiro atoms. The van der Waals surface area contributed by atoms with Crippen molar-refractivity contribution in [3.8, 4) is 0 Å². The summed E-state index contributed by atoms with van der Waals surface area (Å²) in [5, 5.41) is 4.51. The number of nitrogens with one attached hydrogen (secondary N) is 1. The molecule has 0 aliphatic carbocycles. The van der Waals surface area contributed by atoms with Crippen molar-refractivity contribution in [1.29, 1.82) is 0 Å². The van der Waals surface area contributed by atoms with Crippen LogP contribution in [0.1, 0.15) is 32.6 Å². The minimum atomic E-state index is 0.355. The second kappa shape index (κ2) is 4.20. The van der Waals surface area contributed by atoms with E-state index in [2.05, 4.69) is 24.0 Å². The van der Waals surface area contributed by atoms with Crippen molar-refractivity contribution in [2.45, 2.75) is 42.7 Å². The molecule has 0 aromatic carbocycles. The number of ether oxygens (including phenoxy) is 1. The third kappa shape index (κ3) is 2.39. The third-order valence-electron chi connectivity index (χ3n) is 2.94. The van der Waals surface area contributed by atoms with Gasteiger partial charge >= 0.3 is 0 Å². The standard InChI is InChI=1S/C10H19NOS/c1-9-3-6-11-10(13-9)4-2-7-12-8-5-10/h9,11H,2-8H2,1H3. The van der Waals surface area contributed by atoms with Crippen LogP contribution in [-0.4, -0.2) is 29.9 Å². The van der Waals surface area contributed by atoms with Crippen molar-refractivity contribution in [3.05, 3.63) is 0 Å². The molecule has 0 aromatic heterocycles. The first-order valence-electron chi connectivity index (χ1n) is 5.31. The first-order chi connectivity index (χ1) is 6.31. The van der Waals surface area contributed by atoms with Crippen LogP contribution in [0, 0.1) is 0 Å². The molecular weight excluding hydrogens is 182 g/mol. The highest BCUT2D eigenvalue weighted by Crippen LogP contribution is 2.39. The van der Waals surface area contributed by atoms with Gasteiger partial charge in [-0.25, -0.2) is 0 Å². The monoisotopic (exact) mass is 201 g/mol. The predicted octanol–water partition coefficient (Wildman–Crippen LogP) is 2.00. The molecule has 3 heteroatoms. The third-order valence-corrected chi connectivity index (χ3v) is 4.59. The Morgan fingerprint density at radius 2 is 2.31 bits per heavy atom. The summed E-state index contributed by atoms with van der Waals surface area (Å²) in [6.07, 6.45) is 4.99. The molecular formula is C10H19NOS. The quantitative estimate of drug-likeness (QED) is 0.647. The lowest BCUT2D eigenvalue weighted by atomic mass is 10.1. The maximum absolute atomic E-state index is 5.50. The molecule has 2 fully saturated rings. The van der Waals surface area contributed by atoms with Crippen LogP contribution in [0.15, 0.2) is 0 Å². The van der Waals surface area contributed by atoms with Gasteiger partial charge in [0, 0.05) is 18.5 Å². The molecule has 2 aliphatic heterocycles. The minimum Gasteiger partial charge on any atom is -0.381 e. The van der Waals surface area contributed by atoms with Gasteiger partial charge in [0.15, 0.2) is 0 Å². The van der Waals surface area contributed by atoms with Crippen LogP contribution in [0.25, 0.3) is 0 Å². The van der Waals surface area contributed by atoms with Gasteiger partial charge in [-0.05, 0) is 32.2 Å². The van der Waals surface area contributed by atoms with Crippen molar-refractivity contribution in [2.24, 2.45) is 0 Å². The Morgan fingerprint density at radius 1 is 1.38 bits per heavy atom. The lowest BCUT2D eigenvalue weighted by Gasteiger charge is -2.39. The van der Waals surface area contributed by atoms with Crippen LogP contribution in [0.5, 0.6) is 0 Å². The van der Waals surface area contributed by atoms with Crippen molar-refractivity contribution >= 4 is 11.8 Å². The predicted molar refractivity (Wildman–Crippen MR) is 57.1 cm³/mol. The molecule has 2 unspecified atom stereocenters. The van der Waals surface area contributed by atoms with Crippen LogP contribution in [-0.2, 0) is 4.74 Å². The zero-order valence-electron chi connectivity index (χ0n) is 8.34. The van der Waals surface area contributed by atoms with E-state index in [9.17, 15) is 0 Å². The maximum Gasteiger partial charge on any atom is 0.0670 e. The average Bonchev–Trinajstić information content (AvgIpc) is 2.31. The summed E-state index contributed by atoms with van der Waals surface area (Å²) in [5.41, 5.74) is 0. The first-order valence-corrected chi connectivity index (χ1v) is 6.19. The number of thioether (sulfide) groups is 1. The van der Waals surface area contributed by atoms with Gasteiger partial charge in [-0.1, -0.05) is 6.92 Å². The van der Waals surface area contributed by atoms with E-state index in [0.29, 0.717) is 4.87 Å². The summed E-state index contributed by atoms with van der Waals surface area (Å²) in [6.45, 7) is 5.43. The zero-order chi connectivity index (χ0) is 9.15. The Hall–Kier alpha value is 0.270. The van der Waals surface area contributed by atoms with E-state index >= 15 is 0 Å². The molecule has 76 valence electrons. The first kappa shape index (κ1) is 9.81. The van der Waals surface area contributed by atoms with Crippen molar-refractivity contribution in [1.82, 2.24) is 5.32 Å². The summed E-state index contributed by atoms with van der Waals surface area (Å²) in [4.78, 5) is 0.355. The lowest BCUT2D eigenvalue weighted by molar-refractivity contribution is 0.141. The van der Waals surface area contributed by atoms with Gasteiger partial charge in [0.1, 0.15) is 0 Å². The second-order valence-corrected chi connectivity index (χ2v) is 5.93. The Morgan fingerprint density at radius 3 is 3.15 bits per heavy atom. The highest BCUT2D eigenvalue weighted by atomic mass is 32.2. The van der Waals surface area contributed by atoms with Gasteiger partial charge in [-0.2, -0.15) is 0 Å². The molecule has 2 aliphatic rings. The molecule has 0 aromatic rings. The topological polar surface area (TPSA) is 21.3 Å². The summed E-state index contributed by atoms with van der Waals surface area (Å²) in [7, 11) is 0. The Kier molecular flexibility index (Phi) is 3.17. The normalized spacial score (nSPS) is 41.8. The molecule has 2 rings (SSSR count). The fraction of sp³-hybridized carbons (Fsp3) is 1.00. The summed E-state index contributed by atoms with van der Waals surface area (Å²) in [5.74, 6) is 0. The summed E-state index contributed by atoms with van der Waals surface area (Å²) < 4.78 is 5.50. The van der Waals surface area contributed by atoms with E-state index in [1.54, 1.807) is 0 Å². The van der Waals surface area contributed by atoms with E-state index in [0.717, 1.165) is 18.5 Å². The van der Waals surface area contributed by atoms with Crippen LogP contribution < -0.4 is 5.32 Å². The van der Waals surface area contributed by atoms with E-state index < -0.39 is 0 Å². The fourth-order valence-corrected chi connectivity index (χ4v) is 3.86. The van der Waals surface area contributed by atoms with E-state index in [4.69, 9.17) is 4.74 Å². The lowest BCUT2D eigenvalue weighted by Crippen LogP contribution is -2.48. The van der Waals surface area contributed by atoms with Crippen molar-refractivity contribution < 1.29 is 4.74 Å². The van der Waals surface area contributed by atoms with Crippen LogP contribution in [0.3, 0.4) is 0 Å². The summed E-state index contributed by atoms with van der Waals surface area (Å²) >= 11 is 2.13. The maximum atomic E-state index is 5.50. The Bertz CT molecular complexity index is 166. The number of hydrogen-bond donors (Lipinski definition) is 1. The van der Waals surface area contributed by atoms with Gasteiger partial charge in [0.25, 0.3) is 0 Å². The molecule has 2 saturated heterocycles. The fourth-order valence-electron chi connectivity index (χ4n) is 2.21. The molecule has 0 bridgehead atoms. The zero-order valence-corrected chi connectivity index (χ0v) is 9.16. The number of hydrogen-bond acceptors (Lipinski definition) is 3. The molecule has 0 amide bonds. The van der Waals surface area contributed by atoms with Crippen LogP contribution in [0.4, 0.5) is 0 Å². The van der Waals surface area contributed by atoms with Crippen molar-refractivity contribution in [3.63, 3.8) is 0 Å². The van der Waals surface area contributed by atoms with Gasteiger partial charge in [-0.3, -0.25) is 0 Å². The Labute approximate surface area is 84.8 Å². The average molecular weight is 201 g/mol. The van der Waals surface area contributed by atoms with Gasteiger partial charge in [0.2, 0.25) is 0 Å². The molecule has 2 nitrogen and oxygen atoms in total. The second-order valence-electron chi connectivity index (χ2n) is 4.10. The van der Waals surface area contributed by atoms with E-state index in [1.807, 2.05) is 0 Å². The summed E-state index contributed by atoms with van der Waals surface area (Å²) in [6, 6.07) is 0. The molecule has 2 atom stereocenters. The number of rotatable bonds is 0. The van der Waals surface area contributed by atoms with Crippen molar-refractivity contribution in [2.75, 3.05) is 19.8 Å². The van der Waals surface area contributed by atoms with E-state index in [-0.39, 0.29) is 0 Å².